The van der Waals surface area contributed by atoms with Crippen LogP contribution < -0.4 is 4.74 Å². The van der Waals surface area contributed by atoms with Crippen molar-refractivity contribution >= 4 is 11.9 Å². The third-order valence-electron chi connectivity index (χ3n) is 4.63. The number of aromatic nitrogens is 1. The fourth-order valence-electron chi connectivity index (χ4n) is 3.13. The molecule has 1 aromatic heterocycles. The Balaban J connectivity index is 1.76. The first kappa shape index (κ1) is 22.6. The monoisotopic (exact) mass is 432 g/mol. The summed E-state index contributed by atoms with van der Waals surface area (Å²) >= 11 is 0. The number of nitriles is 1. The van der Waals surface area contributed by atoms with Crippen molar-refractivity contribution in [2.24, 2.45) is 0 Å². The Morgan fingerprint density at radius 1 is 1.03 bits per heavy atom. The second-order valence-corrected chi connectivity index (χ2v) is 6.94. The maximum Gasteiger partial charge on any atom is 0.338 e. The van der Waals surface area contributed by atoms with Gasteiger partial charge in [0.15, 0.2) is 0 Å². The first-order valence-electron chi connectivity index (χ1n) is 10.3. The lowest BCUT2D eigenvalue weighted by molar-refractivity contribution is -0.141. The largest absolute Gasteiger partial charge is 0.493 e. The Morgan fingerprint density at radius 3 is 2.50 bits per heavy atom. The molecule has 0 fully saturated rings. The first-order valence-corrected chi connectivity index (χ1v) is 10.3. The van der Waals surface area contributed by atoms with E-state index in [0.29, 0.717) is 43.1 Å². The molecular formula is C25H24N2O5. The lowest BCUT2D eigenvalue weighted by atomic mass is 10.1. The summed E-state index contributed by atoms with van der Waals surface area (Å²) in [5.41, 5.74) is 3.43. The van der Waals surface area contributed by atoms with Crippen LogP contribution in [0, 0.1) is 11.3 Å². The number of hydrogen-bond donors (Lipinski definition) is 0. The lowest BCUT2D eigenvalue weighted by Crippen LogP contribution is -2.05. The van der Waals surface area contributed by atoms with Crippen molar-refractivity contribution in [2.75, 3.05) is 19.8 Å². The van der Waals surface area contributed by atoms with Gasteiger partial charge in [0.2, 0.25) is 0 Å². The summed E-state index contributed by atoms with van der Waals surface area (Å²) in [7, 11) is 0. The summed E-state index contributed by atoms with van der Waals surface area (Å²) in [5.74, 6) is -0.00791. The zero-order chi connectivity index (χ0) is 22.9. The molecule has 3 rings (SSSR count). The quantitative estimate of drug-likeness (QED) is 0.365. The Hall–Kier alpha value is -4.05. The molecule has 0 N–H and O–H groups in total. The molecular weight excluding hydrogens is 408 g/mol. The predicted octanol–water partition coefficient (Wildman–Crippen LogP) is 4.52. The molecule has 0 radical (unpaired) electrons. The predicted molar refractivity (Wildman–Crippen MR) is 119 cm³/mol. The minimum Gasteiger partial charge on any atom is -0.493 e. The van der Waals surface area contributed by atoms with Crippen LogP contribution in [0.5, 0.6) is 5.75 Å². The van der Waals surface area contributed by atoms with E-state index in [2.05, 4.69) is 6.07 Å². The van der Waals surface area contributed by atoms with Crippen LogP contribution in [0.1, 0.15) is 36.2 Å². The normalized spacial score (nSPS) is 10.3. The molecule has 7 nitrogen and oxygen atoms in total. The van der Waals surface area contributed by atoms with Gasteiger partial charge in [-0.15, -0.1) is 0 Å². The molecule has 0 aliphatic heterocycles. The van der Waals surface area contributed by atoms with Gasteiger partial charge in [0.1, 0.15) is 11.8 Å². The van der Waals surface area contributed by atoms with Crippen molar-refractivity contribution in [1.29, 1.82) is 5.26 Å². The Morgan fingerprint density at radius 2 is 1.81 bits per heavy atom. The average molecular weight is 432 g/mol. The zero-order valence-electron chi connectivity index (χ0n) is 18.0. The molecule has 0 spiro atoms. The smallest absolute Gasteiger partial charge is 0.338 e. The number of hydrogen-bond acceptors (Lipinski definition) is 6. The van der Waals surface area contributed by atoms with Crippen molar-refractivity contribution < 1.29 is 23.8 Å². The number of rotatable bonds is 9. The van der Waals surface area contributed by atoms with Crippen molar-refractivity contribution in [3.63, 3.8) is 0 Å². The summed E-state index contributed by atoms with van der Waals surface area (Å²) in [4.78, 5) is 22.7. The van der Waals surface area contributed by atoms with Crippen LogP contribution in [0.25, 0.3) is 16.8 Å². The van der Waals surface area contributed by atoms with Crippen molar-refractivity contribution in [1.82, 2.24) is 4.57 Å². The minimum atomic E-state index is -0.366. The van der Waals surface area contributed by atoms with Gasteiger partial charge in [-0.25, -0.2) is 4.79 Å². The summed E-state index contributed by atoms with van der Waals surface area (Å²) in [6.07, 6.45) is 4.21. The van der Waals surface area contributed by atoms with Crippen LogP contribution >= 0.6 is 0 Å². The van der Waals surface area contributed by atoms with E-state index in [0.717, 1.165) is 16.8 Å². The van der Waals surface area contributed by atoms with E-state index in [9.17, 15) is 14.9 Å². The van der Waals surface area contributed by atoms with E-state index in [1.54, 1.807) is 37.4 Å². The molecule has 0 amide bonds. The van der Waals surface area contributed by atoms with Gasteiger partial charge in [-0.05, 0) is 48.9 Å². The van der Waals surface area contributed by atoms with E-state index in [-0.39, 0.29) is 11.9 Å². The maximum atomic E-state index is 11.8. The molecule has 0 aliphatic carbocycles. The van der Waals surface area contributed by atoms with Crippen LogP contribution in [-0.2, 0) is 14.3 Å². The zero-order valence-corrected chi connectivity index (χ0v) is 18.0. The molecule has 2 aromatic carbocycles. The summed E-state index contributed by atoms with van der Waals surface area (Å²) in [5, 5.41) is 9.63. The maximum absolute atomic E-state index is 11.8. The molecule has 3 aromatic rings. The second-order valence-electron chi connectivity index (χ2n) is 6.94. The van der Waals surface area contributed by atoms with Crippen LogP contribution in [0.3, 0.4) is 0 Å². The van der Waals surface area contributed by atoms with Gasteiger partial charge in [-0.1, -0.05) is 12.1 Å². The third-order valence-corrected chi connectivity index (χ3v) is 4.63. The Kier molecular flexibility index (Phi) is 7.65. The molecule has 0 saturated carbocycles. The van der Waals surface area contributed by atoms with E-state index in [4.69, 9.17) is 14.2 Å². The highest BCUT2D eigenvalue weighted by atomic mass is 16.5. The standard InChI is InChI=1S/C25H24N2O5/c1-3-30-25(29)19-8-10-22(11-9-19)27-16-21(15-26)24(17-27)20-6-4-7-23(14-20)32-13-5-12-31-18(2)28/h4,6-11,14,16-17H,3,5,12-13H2,1-2H3. The molecule has 7 heteroatoms. The van der Waals surface area contributed by atoms with Gasteiger partial charge in [-0.3, -0.25) is 4.79 Å². The highest BCUT2D eigenvalue weighted by Crippen LogP contribution is 2.29. The third kappa shape index (κ3) is 5.76. The van der Waals surface area contributed by atoms with E-state index in [1.165, 1.54) is 6.92 Å². The van der Waals surface area contributed by atoms with Crippen molar-refractivity contribution in [3.8, 4) is 28.6 Å². The number of esters is 2. The molecule has 32 heavy (non-hydrogen) atoms. The fraction of sp³-hybridized carbons (Fsp3) is 0.240. The van der Waals surface area contributed by atoms with Gasteiger partial charge in [0.05, 0.1) is 30.9 Å². The van der Waals surface area contributed by atoms with Crippen LogP contribution in [0.2, 0.25) is 0 Å². The molecule has 0 bridgehead atoms. The molecule has 0 aliphatic rings. The number of nitrogens with zero attached hydrogens (tertiary/aromatic N) is 2. The highest BCUT2D eigenvalue weighted by Gasteiger charge is 2.12. The van der Waals surface area contributed by atoms with Crippen LogP contribution in [-0.4, -0.2) is 36.3 Å². The summed E-state index contributed by atoms with van der Waals surface area (Å²) in [6, 6.07) is 16.7. The Labute approximate surface area is 186 Å². The van der Waals surface area contributed by atoms with Gasteiger partial charge in [0, 0.05) is 37.0 Å². The highest BCUT2D eigenvalue weighted by molar-refractivity contribution is 5.89. The van der Waals surface area contributed by atoms with Gasteiger partial charge in [-0.2, -0.15) is 5.26 Å². The van der Waals surface area contributed by atoms with Crippen molar-refractivity contribution in [2.45, 2.75) is 20.3 Å². The number of ether oxygens (including phenoxy) is 3. The molecule has 1 heterocycles. The van der Waals surface area contributed by atoms with Gasteiger partial charge < -0.3 is 18.8 Å². The van der Waals surface area contributed by atoms with Crippen molar-refractivity contribution in [3.05, 3.63) is 72.1 Å². The van der Waals surface area contributed by atoms with Crippen LogP contribution in [0.4, 0.5) is 0 Å². The van der Waals surface area contributed by atoms with Gasteiger partial charge in [0.25, 0.3) is 0 Å². The SMILES string of the molecule is CCOC(=O)c1ccc(-n2cc(C#N)c(-c3cccc(OCCCOC(C)=O)c3)c2)cc1. The average Bonchev–Trinajstić information content (AvgIpc) is 3.24. The summed E-state index contributed by atoms with van der Waals surface area (Å²) < 4.78 is 17.5. The second kappa shape index (κ2) is 10.8. The number of benzene rings is 2. The number of carbonyl (C=O) groups is 2. The lowest BCUT2D eigenvalue weighted by Gasteiger charge is -2.08. The first-order chi connectivity index (χ1) is 15.5. The minimum absolute atomic E-state index is 0.309. The topological polar surface area (TPSA) is 90.6 Å². The van der Waals surface area contributed by atoms with Gasteiger partial charge >= 0.3 is 11.9 Å². The molecule has 0 unspecified atom stereocenters. The number of carbonyl (C=O) groups excluding carboxylic acids is 2. The fourth-order valence-corrected chi connectivity index (χ4v) is 3.13. The van der Waals surface area contributed by atoms with E-state index < -0.39 is 0 Å². The molecule has 0 saturated heterocycles. The van der Waals surface area contributed by atoms with E-state index in [1.807, 2.05) is 35.0 Å². The molecule has 164 valence electrons. The molecule has 0 atom stereocenters. The summed E-state index contributed by atoms with van der Waals surface area (Å²) in [6.45, 7) is 4.18. The van der Waals surface area contributed by atoms with E-state index >= 15 is 0 Å². The van der Waals surface area contributed by atoms with Crippen LogP contribution in [0.15, 0.2) is 60.9 Å². The Bertz CT molecular complexity index is 1130.